The van der Waals surface area contributed by atoms with E-state index in [9.17, 15) is 13.2 Å². The lowest BCUT2D eigenvalue weighted by molar-refractivity contribution is 0.0697. The van der Waals surface area contributed by atoms with Gasteiger partial charge in [0.15, 0.2) is 0 Å². The molecule has 2 aromatic carbocycles. The van der Waals surface area contributed by atoms with Gasteiger partial charge in [0.25, 0.3) is 10.0 Å². The molecule has 0 spiro atoms. The maximum Gasteiger partial charge on any atom is 0.335 e. The Morgan fingerprint density at radius 2 is 1.90 bits per heavy atom. The normalized spacial score (nSPS) is 11.1. The van der Waals surface area contributed by atoms with Crippen LogP contribution in [-0.2, 0) is 10.0 Å². The van der Waals surface area contributed by atoms with Crippen molar-refractivity contribution in [1.29, 1.82) is 0 Å². The highest BCUT2D eigenvalue weighted by molar-refractivity contribution is 9.10. The third kappa shape index (κ3) is 3.75. The van der Waals surface area contributed by atoms with E-state index in [2.05, 4.69) is 20.7 Å². The molecule has 2 aromatic rings. The van der Waals surface area contributed by atoms with Gasteiger partial charge in [0.05, 0.1) is 16.1 Å². The molecule has 5 nitrogen and oxygen atoms in total. The number of hydrogen-bond donors (Lipinski definition) is 2. The van der Waals surface area contributed by atoms with Gasteiger partial charge in [-0.25, -0.2) is 13.2 Å². The highest BCUT2D eigenvalue weighted by Crippen LogP contribution is 2.27. The van der Waals surface area contributed by atoms with E-state index >= 15 is 0 Å². The number of carboxylic acids is 1. The lowest BCUT2D eigenvalue weighted by atomic mass is 10.2. The Balaban J connectivity index is 2.41. The van der Waals surface area contributed by atoms with E-state index in [1.54, 1.807) is 6.07 Å². The summed E-state index contributed by atoms with van der Waals surface area (Å²) in [6, 6.07) is 9.82. The van der Waals surface area contributed by atoms with E-state index in [1.165, 1.54) is 36.4 Å². The second-order valence-corrected chi connectivity index (χ2v) is 7.04. The zero-order valence-electron chi connectivity index (χ0n) is 10.4. The van der Waals surface area contributed by atoms with Gasteiger partial charge in [-0.15, -0.1) is 0 Å². The molecule has 0 fully saturated rings. The fourth-order valence-electron chi connectivity index (χ4n) is 1.57. The summed E-state index contributed by atoms with van der Waals surface area (Å²) in [6.07, 6.45) is 0. The molecular formula is C13H9BrClNO4S. The zero-order chi connectivity index (χ0) is 15.6. The molecule has 0 atom stereocenters. The fraction of sp³-hybridized carbons (Fsp3) is 0. The van der Waals surface area contributed by atoms with Crippen LogP contribution in [0.15, 0.2) is 51.8 Å². The van der Waals surface area contributed by atoms with Crippen molar-refractivity contribution in [2.24, 2.45) is 0 Å². The summed E-state index contributed by atoms with van der Waals surface area (Å²) in [5.41, 5.74) is 0.108. The van der Waals surface area contributed by atoms with Gasteiger partial charge < -0.3 is 5.11 Å². The van der Waals surface area contributed by atoms with Crippen LogP contribution in [0.5, 0.6) is 0 Å². The summed E-state index contributed by atoms with van der Waals surface area (Å²) in [6.45, 7) is 0. The number of rotatable bonds is 4. The number of hydrogen-bond acceptors (Lipinski definition) is 3. The average Bonchev–Trinajstić information content (AvgIpc) is 2.41. The number of aromatic carboxylic acids is 1. The molecule has 21 heavy (non-hydrogen) atoms. The Kier molecular flexibility index (Phi) is 4.55. The van der Waals surface area contributed by atoms with Crippen LogP contribution >= 0.6 is 27.5 Å². The predicted molar refractivity (Wildman–Crippen MR) is 83.4 cm³/mol. The van der Waals surface area contributed by atoms with Crippen molar-refractivity contribution < 1.29 is 18.3 Å². The Morgan fingerprint density at radius 1 is 1.19 bits per heavy atom. The molecule has 2 N–H and O–H groups in total. The first-order chi connectivity index (χ1) is 9.79. The lowest BCUT2D eigenvalue weighted by Crippen LogP contribution is -2.13. The van der Waals surface area contributed by atoms with Gasteiger partial charge in [0, 0.05) is 9.50 Å². The zero-order valence-corrected chi connectivity index (χ0v) is 13.5. The van der Waals surface area contributed by atoms with Crippen molar-refractivity contribution in [3.05, 3.63) is 57.5 Å². The van der Waals surface area contributed by atoms with Crippen molar-refractivity contribution >= 4 is 49.2 Å². The number of anilines is 1. The number of halogens is 2. The Morgan fingerprint density at radius 3 is 2.52 bits per heavy atom. The molecule has 0 aromatic heterocycles. The third-order valence-corrected chi connectivity index (χ3v) is 4.85. The van der Waals surface area contributed by atoms with Gasteiger partial charge in [-0.3, -0.25) is 4.72 Å². The summed E-state index contributed by atoms with van der Waals surface area (Å²) in [5.74, 6) is -1.15. The van der Waals surface area contributed by atoms with E-state index in [0.29, 0.717) is 4.47 Å². The van der Waals surface area contributed by atoms with E-state index in [4.69, 9.17) is 16.7 Å². The van der Waals surface area contributed by atoms with Gasteiger partial charge in [0.1, 0.15) is 0 Å². The molecule has 110 valence electrons. The van der Waals surface area contributed by atoms with E-state index in [1.807, 2.05) is 0 Å². The number of sulfonamides is 1. The molecule has 0 saturated heterocycles. The van der Waals surface area contributed by atoms with Crippen LogP contribution in [-0.4, -0.2) is 19.5 Å². The minimum Gasteiger partial charge on any atom is -0.478 e. The molecule has 0 unspecified atom stereocenters. The van der Waals surface area contributed by atoms with Crippen molar-refractivity contribution in [2.45, 2.75) is 4.90 Å². The van der Waals surface area contributed by atoms with E-state index < -0.39 is 16.0 Å². The van der Waals surface area contributed by atoms with Gasteiger partial charge in [-0.2, -0.15) is 0 Å². The molecular weight excluding hydrogens is 382 g/mol. The van der Waals surface area contributed by atoms with Gasteiger partial charge in [-0.05, 0) is 52.3 Å². The molecule has 0 radical (unpaired) electrons. The quantitative estimate of drug-likeness (QED) is 0.835. The summed E-state index contributed by atoms with van der Waals surface area (Å²) < 4.78 is 27.3. The number of carboxylic acid groups (broad SMARTS) is 1. The van der Waals surface area contributed by atoms with Gasteiger partial charge in [0.2, 0.25) is 0 Å². The average molecular weight is 391 g/mol. The number of carbonyl (C=O) groups is 1. The maximum atomic E-state index is 12.2. The molecule has 0 aliphatic heterocycles. The molecule has 0 bridgehead atoms. The van der Waals surface area contributed by atoms with E-state index in [-0.39, 0.29) is 21.2 Å². The summed E-state index contributed by atoms with van der Waals surface area (Å²) in [7, 11) is -3.86. The molecule has 0 aliphatic carbocycles. The number of nitrogens with one attached hydrogen (secondary N) is 1. The second kappa shape index (κ2) is 6.05. The van der Waals surface area contributed by atoms with Crippen molar-refractivity contribution in [3.63, 3.8) is 0 Å². The van der Waals surface area contributed by atoms with Crippen LogP contribution in [0.4, 0.5) is 5.69 Å². The Hall–Kier alpha value is -1.57. The predicted octanol–water partition coefficient (Wildman–Crippen LogP) is 3.60. The van der Waals surface area contributed by atoms with Crippen LogP contribution in [0, 0.1) is 0 Å². The molecule has 0 heterocycles. The smallest absolute Gasteiger partial charge is 0.335 e. The Labute approximate surface area is 134 Å². The minimum atomic E-state index is -3.86. The van der Waals surface area contributed by atoms with Crippen molar-refractivity contribution in [2.75, 3.05) is 4.72 Å². The highest BCUT2D eigenvalue weighted by Gasteiger charge is 2.17. The molecule has 2 rings (SSSR count). The van der Waals surface area contributed by atoms with Crippen molar-refractivity contribution in [1.82, 2.24) is 0 Å². The first-order valence-electron chi connectivity index (χ1n) is 5.61. The molecule has 0 saturated carbocycles. The molecule has 8 heteroatoms. The standard InChI is InChI=1S/C13H9BrClNO4S/c14-11-5-4-8(13(17)18)6-12(11)16-21(19,20)10-3-1-2-9(15)7-10/h1-7,16H,(H,17,18). The van der Waals surface area contributed by atoms with Crippen LogP contribution in [0.1, 0.15) is 10.4 Å². The molecule has 0 amide bonds. The first kappa shape index (κ1) is 15.8. The van der Waals surface area contributed by atoms with Gasteiger partial charge in [-0.1, -0.05) is 17.7 Å². The summed E-state index contributed by atoms with van der Waals surface area (Å²) >= 11 is 8.95. The third-order valence-electron chi connectivity index (χ3n) is 2.56. The topological polar surface area (TPSA) is 83.5 Å². The monoisotopic (exact) mass is 389 g/mol. The Bertz CT molecular complexity index is 808. The maximum absolute atomic E-state index is 12.2. The second-order valence-electron chi connectivity index (χ2n) is 4.06. The first-order valence-corrected chi connectivity index (χ1v) is 8.26. The summed E-state index contributed by atoms with van der Waals surface area (Å²) in [4.78, 5) is 10.9. The molecule has 0 aliphatic rings. The minimum absolute atomic E-state index is 0.0115. The fourth-order valence-corrected chi connectivity index (χ4v) is 3.42. The van der Waals surface area contributed by atoms with Crippen molar-refractivity contribution in [3.8, 4) is 0 Å². The SMILES string of the molecule is O=C(O)c1ccc(Br)c(NS(=O)(=O)c2cccc(Cl)c2)c1. The lowest BCUT2D eigenvalue weighted by Gasteiger charge is -2.10. The van der Waals surface area contributed by atoms with Crippen LogP contribution < -0.4 is 4.72 Å². The van der Waals surface area contributed by atoms with Gasteiger partial charge >= 0.3 is 5.97 Å². The van der Waals surface area contributed by atoms with Crippen LogP contribution in [0.2, 0.25) is 5.02 Å². The highest BCUT2D eigenvalue weighted by atomic mass is 79.9. The number of benzene rings is 2. The van der Waals surface area contributed by atoms with Crippen LogP contribution in [0.3, 0.4) is 0 Å². The summed E-state index contributed by atoms with van der Waals surface area (Å²) in [5, 5.41) is 9.23. The largest absolute Gasteiger partial charge is 0.478 e. The van der Waals surface area contributed by atoms with Crippen LogP contribution in [0.25, 0.3) is 0 Å². The van der Waals surface area contributed by atoms with E-state index in [0.717, 1.165) is 0 Å².